The molecule has 0 unspecified atom stereocenters. The molecule has 0 amide bonds. The van der Waals surface area contributed by atoms with Crippen molar-refractivity contribution in [2.24, 2.45) is 0 Å². The van der Waals surface area contributed by atoms with Gasteiger partial charge in [-0.3, -0.25) is 0 Å². The van der Waals surface area contributed by atoms with Crippen LogP contribution < -0.4 is 0 Å². The third-order valence-electron chi connectivity index (χ3n) is 1.93. The van der Waals surface area contributed by atoms with Crippen LogP contribution >= 0.6 is 0 Å². The molecule has 0 saturated carbocycles. The zero-order valence-corrected chi connectivity index (χ0v) is 8.45. The molecule has 0 aliphatic rings. The Labute approximate surface area is 83.6 Å². The molecule has 0 heterocycles. The molecule has 3 heteroatoms. The number of hydrogen-bond donors (Lipinski definition) is 0. The van der Waals surface area contributed by atoms with Crippen LogP contribution in [0.1, 0.15) is 22.8 Å². The molecule has 0 bridgehead atoms. The summed E-state index contributed by atoms with van der Waals surface area (Å²) < 4.78 is 9.52. The van der Waals surface area contributed by atoms with Gasteiger partial charge in [0.05, 0.1) is 5.56 Å². The number of methoxy groups -OCH3 is 1. The van der Waals surface area contributed by atoms with Gasteiger partial charge in [0, 0.05) is 7.11 Å². The van der Waals surface area contributed by atoms with E-state index in [1.54, 1.807) is 6.07 Å². The normalized spacial score (nSPS) is 9.86. The molecule has 3 nitrogen and oxygen atoms in total. The predicted molar refractivity (Wildman–Crippen MR) is 53.1 cm³/mol. The number of ether oxygens (including phenoxy) is 2. The topological polar surface area (TPSA) is 35.5 Å². The van der Waals surface area contributed by atoms with Crippen LogP contribution in [0.4, 0.5) is 0 Å². The summed E-state index contributed by atoms with van der Waals surface area (Å²) >= 11 is 0. The van der Waals surface area contributed by atoms with Crippen LogP contribution in [0.5, 0.6) is 0 Å². The molecule has 1 aromatic rings. The van der Waals surface area contributed by atoms with Crippen LogP contribution in [0, 0.1) is 0 Å². The second-order valence-electron chi connectivity index (χ2n) is 2.85. The molecule has 0 spiro atoms. The third kappa shape index (κ3) is 2.57. The van der Waals surface area contributed by atoms with Crippen molar-refractivity contribution < 1.29 is 14.3 Å². The second-order valence-corrected chi connectivity index (χ2v) is 2.85. The quantitative estimate of drug-likeness (QED) is 0.543. The van der Waals surface area contributed by atoms with Crippen LogP contribution in [0.15, 0.2) is 24.3 Å². The monoisotopic (exact) mass is 194 g/mol. The summed E-state index contributed by atoms with van der Waals surface area (Å²) in [5, 5.41) is 0. The van der Waals surface area contributed by atoms with Crippen molar-refractivity contribution in [2.75, 3.05) is 13.9 Å². The Hall–Kier alpha value is -1.35. The molecule has 1 rings (SSSR count). The maximum absolute atomic E-state index is 11.5. The highest BCUT2D eigenvalue weighted by molar-refractivity contribution is 5.91. The van der Waals surface area contributed by atoms with Crippen molar-refractivity contribution >= 4 is 5.97 Å². The van der Waals surface area contributed by atoms with E-state index in [-0.39, 0.29) is 12.8 Å². The van der Waals surface area contributed by atoms with Gasteiger partial charge in [0.2, 0.25) is 0 Å². The highest BCUT2D eigenvalue weighted by Gasteiger charge is 2.10. The van der Waals surface area contributed by atoms with Crippen molar-refractivity contribution in [3.8, 4) is 0 Å². The van der Waals surface area contributed by atoms with Crippen molar-refractivity contribution in [1.29, 1.82) is 0 Å². The standard InChI is InChI=1S/C11H14O3/c1-3-9-6-4-5-7-10(9)11(12)14-8-13-2/h4-7H,3,8H2,1-2H3. The van der Waals surface area contributed by atoms with Gasteiger partial charge in [-0.15, -0.1) is 0 Å². The zero-order valence-electron chi connectivity index (χ0n) is 8.45. The maximum atomic E-state index is 11.5. The summed E-state index contributed by atoms with van der Waals surface area (Å²) in [4.78, 5) is 11.5. The number of carbonyl (C=O) groups is 1. The molecule has 0 N–H and O–H groups in total. The lowest BCUT2D eigenvalue weighted by Gasteiger charge is -2.06. The minimum atomic E-state index is -0.329. The van der Waals surface area contributed by atoms with Crippen LogP contribution in [0.2, 0.25) is 0 Å². The highest BCUT2D eigenvalue weighted by atomic mass is 16.7. The van der Waals surface area contributed by atoms with E-state index in [9.17, 15) is 4.79 Å². The Kier molecular flexibility index (Phi) is 4.13. The lowest BCUT2D eigenvalue weighted by Crippen LogP contribution is -2.09. The van der Waals surface area contributed by atoms with Gasteiger partial charge < -0.3 is 9.47 Å². The summed E-state index contributed by atoms with van der Waals surface area (Å²) in [5.41, 5.74) is 1.61. The first-order chi connectivity index (χ1) is 6.79. The van der Waals surface area contributed by atoms with Crippen molar-refractivity contribution in [3.63, 3.8) is 0 Å². The molecular formula is C11H14O3. The van der Waals surface area contributed by atoms with E-state index in [4.69, 9.17) is 4.74 Å². The summed E-state index contributed by atoms with van der Waals surface area (Å²) in [6, 6.07) is 7.41. The van der Waals surface area contributed by atoms with E-state index < -0.39 is 0 Å². The molecular weight excluding hydrogens is 180 g/mol. The fourth-order valence-corrected chi connectivity index (χ4v) is 1.22. The van der Waals surface area contributed by atoms with E-state index in [1.807, 2.05) is 25.1 Å². The van der Waals surface area contributed by atoms with Crippen molar-refractivity contribution in [1.82, 2.24) is 0 Å². The smallest absolute Gasteiger partial charge is 0.340 e. The number of carbonyl (C=O) groups excluding carboxylic acids is 1. The zero-order chi connectivity index (χ0) is 10.4. The fourth-order valence-electron chi connectivity index (χ4n) is 1.22. The summed E-state index contributed by atoms with van der Waals surface area (Å²) in [6.45, 7) is 2.00. The van der Waals surface area contributed by atoms with Crippen molar-refractivity contribution in [2.45, 2.75) is 13.3 Å². The average molecular weight is 194 g/mol. The Morgan fingerprint density at radius 2 is 2.07 bits per heavy atom. The van der Waals surface area contributed by atoms with Crippen LogP contribution in [-0.4, -0.2) is 19.9 Å². The largest absolute Gasteiger partial charge is 0.435 e. The van der Waals surface area contributed by atoms with Gasteiger partial charge in [-0.05, 0) is 18.1 Å². The molecule has 14 heavy (non-hydrogen) atoms. The number of hydrogen-bond acceptors (Lipinski definition) is 3. The Balaban J connectivity index is 2.78. The predicted octanol–water partition coefficient (Wildman–Crippen LogP) is 2.01. The van der Waals surface area contributed by atoms with Gasteiger partial charge in [0.15, 0.2) is 6.79 Å². The molecule has 0 atom stereocenters. The molecule has 1 aromatic carbocycles. The number of esters is 1. The van der Waals surface area contributed by atoms with Crippen LogP contribution in [-0.2, 0) is 15.9 Å². The number of aryl methyl sites for hydroxylation is 1. The van der Waals surface area contributed by atoms with E-state index in [0.29, 0.717) is 5.56 Å². The first-order valence-electron chi connectivity index (χ1n) is 4.53. The average Bonchev–Trinajstić information content (AvgIpc) is 2.25. The molecule has 0 aliphatic heterocycles. The maximum Gasteiger partial charge on any atom is 0.340 e. The van der Waals surface area contributed by atoms with Gasteiger partial charge in [-0.2, -0.15) is 0 Å². The molecule has 0 aliphatic carbocycles. The van der Waals surface area contributed by atoms with E-state index in [1.165, 1.54) is 7.11 Å². The summed E-state index contributed by atoms with van der Waals surface area (Å²) in [6.07, 6.45) is 0.818. The Morgan fingerprint density at radius 3 is 2.71 bits per heavy atom. The molecule has 0 aromatic heterocycles. The van der Waals surface area contributed by atoms with E-state index in [0.717, 1.165) is 12.0 Å². The lowest BCUT2D eigenvalue weighted by molar-refractivity contribution is -0.0125. The van der Waals surface area contributed by atoms with Crippen molar-refractivity contribution in [3.05, 3.63) is 35.4 Å². The van der Waals surface area contributed by atoms with Gasteiger partial charge in [-0.25, -0.2) is 4.79 Å². The third-order valence-corrected chi connectivity index (χ3v) is 1.93. The minimum absolute atomic E-state index is 0.00309. The highest BCUT2D eigenvalue weighted by Crippen LogP contribution is 2.10. The first-order valence-corrected chi connectivity index (χ1v) is 4.53. The van der Waals surface area contributed by atoms with Gasteiger partial charge in [0.25, 0.3) is 0 Å². The molecule has 0 radical (unpaired) electrons. The first kappa shape index (κ1) is 10.7. The molecule has 0 saturated heterocycles. The van der Waals surface area contributed by atoms with E-state index >= 15 is 0 Å². The number of rotatable bonds is 4. The van der Waals surface area contributed by atoms with Gasteiger partial charge in [0.1, 0.15) is 0 Å². The summed E-state index contributed by atoms with van der Waals surface area (Å²) in [7, 11) is 1.49. The SMILES string of the molecule is CCc1ccccc1C(=O)OCOC. The van der Waals surface area contributed by atoms with Gasteiger partial charge in [-0.1, -0.05) is 25.1 Å². The Morgan fingerprint density at radius 1 is 1.36 bits per heavy atom. The minimum Gasteiger partial charge on any atom is -0.435 e. The lowest BCUT2D eigenvalue weighted by atomic mass is 10.1. The Bertz CT molecular complexity index is 307. The molecule has 76 valence electrons. The fraction of sp³-hybridized carbons (Fsp3) is 0.364. The van der Waals surface area contributed by atoms with Gasteiger partial charge >= 0.3 is 5.97 Å². The van der Waals surface area contributed by atoms with E-state index in [2.05, 4.69) is 4.74 Å². The number of benzene rings is 1. The van der Waals surface area contributed by atoms with Crippen LogP contribution in [0.25, 0.3) is 0 Å². The van der Waals surface area contributed by atoms with Crippen LogP contribution in [0.3, 0.4) is 0 Å². The molecule has 0 fully saturated rings. The second kappa shape index (κ2) is 5.40. The summed E-state index contributed by atoms with van der Waals surface area (Å²) in [5.74, 6) is -0.329.